The van der Waals surface area contributed by atoms with E-state index in [-0.39, 0.29) is 0 Å². The minimum atomic E-state index is -1.94. The summed E-state index contributed by atoms with van der Waals surface area (Å²) in [7, 11) is 4.38. The molecular formula is C18H20O10. The smallest absolute Gasteiger partial charge is 0.343 e. The fourth-order valence-electron chi connectivity index (χ4n) is 2.43. The molecule has 2 rings (SSSR count). The second kappa shape index (κ2) is 9.20. The van der Waals surface area contributed by atoms with Gasteiger partial charge in [-0.1, -0.05) is 0 Å². The average Bonchev–Trinajstić information content (AvgIpc) is 2.96. The normalized spacial score (nSPS) is 20.0. The van der Waals surface area contributed by atoms with Gasteiger partial charge in [0.1, 0.15) is 18.5 Å². The summed E-state index contributed by atoms with van der Waals surface area (Å²) < 4.78 is 25.0. The summed E-state index contributed by atoms with van der Waals surface area (Å²) >= 11 is 0. The molecule has 1 saturated heterocycles. The lowest BCUT2D eigenvalue weighted by atomic mass is 10.1. The number of cyclic esters (lactones) is 1. The predicted octanol–water partition coefficient (Wildman–Crippen LogP) is -0.515. The van der Waals surface area contributed by atoms with Crippen LogP contribution in [0.25, 0.3) is 6.08 Å². The molecule has 0 amide bonds. The Hall–Kier alpha value is -3.11. The third-order valence-corrected chi connectivity index (χ3v) is 3.90. The van der Waals surface area contributed by atoms with Gasteiger partial charge in [0.15, 0.2) is 17.6 Å². The van der Waals surface area contributed by atoms with Crippen molar-refractivity contribution in [1.82, 2.24) is 0 Å². The summed E-state index contributed by atoms with van der Waals surface area (Å²) in [6.45, 7) is -0.608. The highest BCUT2D eigenvalue weighted by Crippen LogP contribution is 2.35. The molecule has 2 N–H and O–H groups in total. The molecule has 0 spiro atoms. The summed E-state index contributed by atoms with van der Waals surface area (Å²) in [6.07, 6.45) is -2.63. The number of methoxy groups -OCH3 is 3. The minimum Gasteiger partial charge on any atom is -0.496 e. The van der Waals surface area contributed by atoms with Gasteiger partial charge in [-0.05, 0) is 12.1 Å². The number of ether oxygens (including phenoxy) is 5. The van der Waals surface area contributed by atoms with Gasteiger partial charge in [-0.2, -0.15) is 0 Å². The van der Waals surface area contributed by atoms with Gasteiger partial charge in [-0.3, -0.25) is 4.79 Å². The van der Waals surface area contributed by atoms with Crippen LogP contribution in [0.3, 0.4) is 0 Å². The van der Waals surface area contributed by atoms with Crippen molar-refractivity contribution >= 4 is 23.8 Å². The average molecular weight is 396 g/mol. The second-order valence-corrected chi connectivity index (χ2v) is 5.64. The predicted molar refractivity (Wildman–Crippen MR) is 93.0 cm³/mol. The third kappa shape index (κ3) is 4.59. The Balaban J connectivity index is 2.00. The molecule has 10 heteroatoms. The van der Waals surface area contributed by atoms with Crippen molar-refractivity contribution in [3.63, 3.8) is 0 Å². The Morgan fingerprint density at radius 1 is 1.14 bits per heavy atom. The molecule has 1 unspecified atom stereocenters. The van der Waals surface area contributed by atoms with Gasteiger partial charge in [0, 0.05) is 17.7 Å². The molecule has 1 heterocycles. The molecule has 1 aromatic carbocycles. The van der Waals surface area contributed by atoms with E-state index >= 15 is 0 Å². The van der Waals surface area contributed by atoms with Gasteiger partial charge in [-0.15, -0.1) is 0 Å². The summed E-state index contributed by atoms with van der Waals surface area (Å²) in [5.41, 5.74) is 0.501. The second-order valence-electron chi connectivity index (χ2n) is 5.64. The number of ketones is 1. The van der Waals surface area contributed by atoms with Crippen molar-refractivity contribution in [1.29, 1.82) is 0 Å². The van der Waals surface area contributed by atoms with Gasteiger partial charge in [0.25, 0.3) is 0 Å². The Morgan fingerprint density at radius 3 is 2.29 bits per heavy atom. The number of aliphatic hydroxyl groups excluding tert-OH is 2. The molecule has 152 valence electrons. The summed E-state index contributed by atoms with van der Waals surface area (Å²) in [5, 5.41) is 19.1. The summed E-state index contributed by atoms with van der Waals surface area (Å²) in [4.78, 5) is 34.5. The number of hydrogen-bond acceptors (Lipinski definition) is 10. The first-order valence-electron chi connectivity index (χ1n) is 8.07. The maximum atomic E-state index is 11.9. The Morgan fingerprint density at radius 2 is 1.75 bits per heavy atom. The van der Waals surface area contributed by atoms with Crippen LogP contribution in [0, 0.1) is 0 Å². The molecule has 0 saturated carbocycles. The van der Waals surface area contributed by atoms with E-state index in [9.17, 15) is 24.6 Å². The van der Waals surface area contributed by atoms with E-state index in [0.717, 1.165) is 6.08 Å². The van der Waals surface area contributed by atoms with Crippen LogP contribution in [-0.4, -0.2) is 74.2 Å². The molecule has 1 aromatic rings. The highest BCUT2D eigenvalue weighted by atomic mass is 16.6. The first-order chi connectivity index (χ1) is 13.3. The van der Waals surface area contributed by atoms with Crippen LogP contribution >= 0.6 is 0 Å². The quantitative estimate of drug-likeness (QED) is 0.335. The lowest BCUT2D eigenvalue weighted by molar-refractivity contribution is -0.154. The van der Waals surface area contributed by atoms with Gasteiger partial charge in [0.05, 0.1) is 21.3 Å². The van der Waals surface area contributed by atoms with Crippen molar-refractivity contribution in [3.8, 4) is 17.2 Å². The first-order valence-corrected chi connectivity index (χ1v) is 8.07. The number of carbonyl (C=O) groups is 3. The highest BCUT2D eigenvalue weighted by Gasteiger charge is 2.46. The van der Waals surface area contributed by atoms with E-state index in [1.54, 1.807) is 12.1 Å². The number of carbonyl (C=O) groups excluding carboxylic acids is 3. The van der Waals surface area contributed by atoms with Crippen LogP contribution in [0.1, 0.15) is 5.56 Å². The van der Waals surface area contributed by atoms with Gasteiger partial charge >= 0.3 is 11.9 Å². The molecule has 10 nitrogen and oxygen atoms in total. The van der Waals surface area contributed by atoms with Crippen LogP contribution in [0.4, 0.5) is 0 Å². The molecule has 28 heavy (non-hydrogen) atoms. The van der Waals surface area contributed by atoms with Gasteiger partial charge < -0.3 is 33.9 Å². The standard InChI is InChI=1S/C18H20O10/c1-24-11-7-13(26-3)12(25-2)6-9(11)4-5-14(20)27-8-10(19)17-15(21)16(22)18(23)28-17/h4-7,10,16-17,19,22H,8H2,1-3H3/t10-,16?,17-/m1/s1. The van der Waals surface area contributed by atoms with E-state index in [2.05, 4.69) is 4.74 Å². The SMILES string of the molecule is COc1cc(OC)c(OC)cc1C=CC(=O)OC[C@@H](O)[C@H]1OC(=O)C(O)C1=O. The summed E-state index contributed by atoms with van der Waals surface area (Å²) in [6, 6.07) is 3.17. The molecule has 1 aliphatic heterocycles. The molecule has 1 aliphatic rings. The van der Waals surface area contributed by atoms with E-state index in [4.69, 9.17) is 18.9 Å². The largest absolute Gasteiger partial charge is 0.496 e. The first kappa shape index (κ1) is 21.2. The number of rotatable bonds is 8. The van der Waals surface area contributed by atoms with Crippen LogP contribution < -0.4 is 14.2 Å². The zero-order valence-electron chi connectivity index (χ0n) is 15.4. The number of aliphatic hydroxyl groups is 2. The number of hydrogen-bond donors (Lipinski definition) is 2. The lowest BCUT2D eigenvalue weighted by Gasteiger charge is -2.15. The van der Waals surface area contributed by atoms with E-state index in [1.165, 1.54) is 27.4 Å². The van der Waals surface area contributed by atoms with E-state index in [0.29, 0.717) is 22.8 Å². The Bertz CT molecular complexity index is 785. The van der Waals surface area contributed by atoms with Crippen molar-refractivity contribution in [2.75, 3.05) is 27.9 Å². The third-order valence-electron chi connectivity index (χ3n) is 3.90. The van der Waals surface area contributed by atoms with Crippen molar-refractivity contribution in [2.24, 2.45) is 0 Å². The highest BCUT2D eigenvalue weighted by molar-refractivity contribution is 6.09. The molecular weight excluding hydrogens is 376 g/mol. The zero-order valence-corrected chi connectivity index (χ0v) is 15.4. The fraction of sp³-hybridized carbons (Fsp3) is 0.389. The van der Waals surface area contributed by atoms with Crippen molar-refractivity contribution in [3.05, 3.63) is 23.8 Å². The molecule has 3 atom stereocenters. The maximum absolute atomic E-state index is 11.9. The van der Waals surface area contributed by atoms with Crippen LogP contribution in [0.15, 0.2) is 18.2 Å². The van der Waals surface area contributed by atoms with Crippen molar-refractivity contribution < 1.29 is 48.3 Å². The number of esters is 2. The molecule has 0 radical (unpaired) electrons. The van der Waals surface area contributed by atoms with E-state index in [1.807, 2.05) is 0 Å². The molecule has 0 aromatic heterocycles. The maximum Gasteiger partial charge on any atom is 0.343 e. The molecule has 0 aliphatic carbocycles. The minimum absolute atomic E-state index is 0.416. The summed E-state index contributed by atoms with van der Waals surface area (Å²) in [5.74, 6) is -1.68. The van der Waals surface area contributed by atoms with E-state index < -0.39 is 42.6 Å². The number of Topliss-reactive ketones (excluding diaryl/α,β-unsaturated/α-hetero) is 1. The monoisotopic (exact) mass is 396 g/mol. The zero-order chi connectivity index (χ0) is 20.8. The number of benzene rings is 1. The Labute approximate surface area is 160 Å². The van der Waals surface area contributed by atoms with Gasteiger partial charge in [0.2, 0.25) is 11.9 Å². The van der Waals surface area contributed by atoms with Crippen LogP contribution in [-0.2, 0) is 23.9 Å². The van der Waals surface area contributed by atoms with Crippen LogP contribution in [0.2, 0.25) is 0 Å². The molecule has 0 bridgehead atoms. The molecule has 1 fully saturated rings. The van der Waals surface area contributed by atoms with Crippen LogP contribution in [0.5, 0.6) is 17.2 Å². The lowest BCUT2D eigenvalue weighted by Crippen LogP contribution is -2.37. The fourth-order valence-corrected chi connectivity index (χ4v) is 2.43. The van der Waals surface area contributed by atoms with Crippen molar-refractivity contribution in [2.45, 2.75) is 18.3 Å². The van der Waals surface area contributed by atoms with Gasteiger partial charge in [-0.25, -0.2) is 9.59 Å². The Kier molecular flexibility index (Phi) is 6.96. The topological polar surface area (TPSA) is 138 Å².